The third-order valence-electron chi connectivity index (χ3n) is 2.11. The Morgan fingerprint density at radius 2 is 2.35 bits per heavy atom. The lowest BCUT2D eigenvalue weighted by atomic mass is 10.2. The van der Waals surface area contributed by atoms with E-state index in [-0.39, 0.29) is 5.70 Å². The van der Waals surface area contributed by atoms with Crippen molar-refractivity contribution in [3.63, 3.8) is 0 Å². The number of allylic oxidation sites excluding steroid dienone is 1. The molecule has 1 aliphatic heterocycles. The predicted octanol–water partition coefficient (Wildman–Crippen LogP) is 0.513. The van der Waals surface area contributed by atoms with Gasteiger partial charge in [0.15, 0.2) is 0 Å². The average Bonchev–Trinajstić information content (AvgIpc) is 2.85. The average molecular weight is 271 g/mol. The summed E-state index contributed by atoms with van der Waals surface area (Å²) in [5, 5.41) is 0. The molecule has 0 amide bonds. The van der Waals surface area contributed by atoms with Crippen LogP contribution in [-0.2, 0) is 20.7 Å². The normalized spacial score (nSPS) is 19.6. The molecule has 0 bridgehead atoms. The number of esters is 1. The number of hydrogen-bond acceptors (Lipinski definition) is 5. The van der Waals surface area contributed by atoms with Gasteiger partial charge >= 0.3 is 5.97 Å². The molecule has 0 N–H and O–H groups in total. The minimum Gasteiger partial charge on any atom is -0.464 e. The first-order valence-corrected chi connectivity index (χ1v) is 6.42. The first-order valence-electron chi connectivity index (χ1n) is 4.59. The van der Waals surface area contributed by atoms with Gasteiger partial charge in [-0.25, -0.2) is 13.4 Å². The van der Waals surface area contributed by atoms with E-state index in [9.17, 15) is 9.00 Å². The Kier molecular flexibility index (Phi) is 3.34. The Morgan fingerprint density at radius 1 is 1.59 bits per heavy atom. The summed E-state index contributed by atoms with van der Waals surface area (Å²) in [5.74, 6) is -0.544. The van der Waals surface area contributed by atoms with Crippen LogP contribution in [0.25, 0.3) is 0 Å². The maximum absolute atomic E-state index is 11.7. The van der Waals surface area contributed by atoms with Crippen LogP contribution in [0.15, 0.2) is 28.4 Å². The van der Waals surface area contributed by atoms with Gasteiger partial charge in [0.25, 0.3) is 0 Å². The molecule has 1 unspecified atom stereocenters. The molecule has 0 radical (unpaired) electrons. The van der Waals surface area contributed by atoms with E-state index in [1.807, 2.05) is 0 Å². The fourth-order valence-corrected chi connectivity index (χ4v) is 2.58. The van der Waals surface area contributed by atoms with Crippen molar-refractivity contribution >= 4 is 34.4 Å². The molecule has 1 aromatic heterocycles. The number of hydrogen-bond donors (Lipinski definition) is 0. The number of carbonyl (C=O) groups excluding carboxylic acids is 1. The van der Waals surface area contributed by atoms with Crippen LogP contribution in [0.1, 0.15) is 4.88 Å². The van der Waals surface area contributed by atoms with Gasteiger partial charge < -0.3 is 4.74 Å². The summed E-state index contributed by atoms with van der Waals surface area (Å²) >= 11 is -0.397. The highest BCUT2D eigenvalue weighted by atomic mass is 32.2. The van der Waals surface area contributed by atoms with Crippen LogP contribution in [0.5, 0.6) is 0 Å². The van der Waals surface area contributed by atoms with E-state index in [1.165, 1.54) is 30.0 Å². The topological polar surface area (TPSA) is 71.9 Å². The molecular formula is C9H9N3O3S2. The van der Waals surface area contributed by atoms with Crippen LogP contribution < -0.4 is 0 Å². The molecule has 2 rings (SSSR count). The van der Waals surface area contributed by atoms with Crippen LogP contribution in [0.3, 0.4) is 0 Å². The molecule has 8 heteroatoms. The van der Waals surface area contributed by atoms with Crippen LogP contribution in [0.4, 0.5) is 0 Å². The predicted molar refractivity (Wildman–Crippen MR) is 64.7 cm³/mol. The second kappa shape index (κ2) is 4.76. The maximum Gasteiger partial charge on any atom is 0.355 e. The van der Waals surface area contributed by atoms with Gasteiger partial charge in [-0.05, 0) is 23.7 Å². The summed E-state index contributed by atoms with van der Waals surface area (Å²) in [6.45, 7) is 0. The number of likely N-dealkylation sites (N-methyl/N-ethyl adjacent to an activating group) is 1. The van der Waals surface area contributed by atoms with Gasteiger partial charge in [-0.3, -0.25) is 4.31 Å². The molecule has 0 aliphatic carbocycles. The monoisotopic (exact) mass is 271 g/mol. The fourth-order valence-electron chi connectivity index (χ4n) is 1.23. The highest BCUT2D eigenvalue weighted by Gasteiger charge is 2.25. The summed E-state index contributed by atoms with van der Waals surface area (Å²) in [7, 11) is 2.80. The highest BCUT2D eigenvalue weighted by molar-refractivity contribution is 7.81. The summed E-state index contributed by atoms with van der Waals surface area (Å²) in [6, 6.07) is 1.75. The minimum atomic E-state index is -1.62. The quantitative estimate of drug-likeness (QED) is 0.735. The second-order valence-electron chi connectivity index (χ2n) is 3.10. The van der Waals surface area contributed by atoms with Crippen molar-refractivity contribution in [1.82, 2.24) is 8.68 Å². The van der Waals surface area contributed by atoms with E-state index < -0.39 is 17.1 Å². The largest absolute Gasteiger partial charge is 0.464 e. The smallest absolute Gasteiger partial charge is 0.355 e. The Bertz CT molecular complexity index is 522. The molecular weight excluding hydrogens is 262 g/mol. The van der Waals surface area contributed by atoms with E-state index in [2.05, 4.69) is 13.5 Å². The van der Waals surface area contributed by atoms with Crippen LogP contribution in [0, 0.1) is 0 Å². The van der Waals surface area contributed by atoms with Gasteiger partial charge in [0.2, 0.25) is 11.2 Å². The van der Waals surface area contributed by atoms with E-state index >= 15 is 0 Å². The zero-order valence-electron chi connectivity index (χ0n) is 9.11. The van der Waals surface area contributed by atoms with E-state index in [4.69, 9.17) is 0 Å². The van der Waals surface area contributed by atoms with Crippen molar-refractivity contribution in [2.75, 3.05) is 14.2 Å². The number of rotatable bonds is 2. The first-order chi connectivity index (χ1) is 8.13. The van der Waals surface area contributed by atoms with Crippen LogP contribution in [0.2, 0.25) is 0 Å². The number of aromatic nitrogens is 1. The SMILES string of the molecule is COC(=O)C1=CC(c2ccns2)=NS(=O)N1C. The lowest BCUT2D eigenvalue weighted by molar-refractivity contribution is -0.137. The molecule has 0 saturated heterocycles. The number of ether oxygens (including phenoxy) is 1. The number of methoxy groups -OCH3 is 1. The Morgan fingerprint density at radius 3 is 2.94 bits per heavy atom. The van der Waals surface area contributed by atoms with Crippen molar-refractivity contribution in [3.8, 4) is 0 Å². The Hall–Kier alpha value is -1.54. The third kappa shape index (κ3) is 2.27. The molecule has 0 aromatic carbocycles. The lowest BCUT2D eigenvalue weighted by Crippen LogP contribution is -2.29. The van der Waals surface area contributed by atoms with E-state index in [0.29, 0.717) is 5.71 Å². The zero-order chi connectivity index (χ0) is 12.4. The molecule has 1 aromatic rings. The second-order valence-corrected chi connectivity index (χ2v) is 5.13. The van der Waals surface area contributed by atoms with Gasteiger partial charge in [-0.15, -0.1) is 0 Å². The van der Waals surface area contributed by atoms with Crippen molar-refractivity contribution in [3.05, 3.63) is 28.9 Å². The molecule has 0 saturated carbocycles. The van der Waals surface area contributed by atoms with Crippen molar-refractivity contribution in [2.45, 2.75) is 0 Å². The van der Waals surface area contributed by atoms with Crippen molar-refractivity contribution in [1.29, 1.82) is 0 Å². The van der Waals surface area contributed by atoms with Gasteiger partial charge in [-0.2, -0.15) is 4.40 Å². The molecule has 1 atom stereocenters. The summed E-state index contributed by atoms with van der Waals surface area (Å²) in [4.78, 5) is 12.3. The molecule has 0 fully saturated rings. The lowest BCUT2D eigenvalue weighted by Gasteiger charge is -2.20. The molecule has 6 nitrogen and oxygen atoms in total. The molecule has 90 valence electrons. The Balaban J connectivity index is 2.42. The maximum atomic E-state index is 11.7. The van der Waals surface area contributed by atoms with Crippen LogP contribution in [-0.4, -0.2) is 38.7 Å². The molecule has 0 spiro atoms. The summed E-state index contributed by atoms with van der Waals surface area (Å²) in [6.07, 6.45) is 3.16. The highest BCUT2D eigenvalue weighted by Crippen LogP contribution is 2.19. The number of carbonyl (C=O) groups is 1. The van der Waals surface area contributed by atoms with Crippen molar-refractivity contribution < 1.29 is 13.7 Å². The standard InChI is InChI=1S/C9H9N3O3S2/c1-12-7(9(13)15-2)5-6(11-17(12)14)8-3-4-10-16-8/h3-5H,1-2H3. The first kappa shape index (κ1) is 11.9. The van der Waals surface area contributed by atoms with E-state index in [0.717, 1.165) is 4.88 Å². The van der Waals surface area contributed by atoms with Crippen LogP contribution >= 0.6 is 11.5 Å². The van der Waals surface area contributed by atoms with Gasteiger partial charge in [0.05, 0.1) is 17.7 Å². The van der Waals surface area contributed by atoms with Crippen molar-refractivity contribution in [2.24, 2.45) is 4.40 Å². The summed E-state index contributed by atoms with van der Waals surface area (Å²) < 4.78 is 25.5. The fraction of sp³-hybridized carbons (Fsp3) is 0.222. The molecule has 1 aliphatic rings. The zero-order valence-corrected chi connectivity index (χ0v) is 10.7. The van der Waals surface area contributed by atoms with Gasteiger partial charge in [0, 0.05) is 13.2 Å². The molecule has 2 heterocycles. The number of nitrogens with zero attached hydrogens (tertiary/aromatic N) is 3. The van der Waals surface area contributed by atoms with E-state index in [1.54, 1.807) is 18.3 Å². The van der Waals surface area contributed by atoms with Gasteiger partial charge in [-0.1, -0.05) is 0 Å². The summed E-state index contributed by atoms with van der Waals surface area (Å²) in [5.41, 5.74) is 0.688. The minimum absolute atomic E-state index is 0.212. The van der Waals surface area contributed by atoms with Gasteiger partial charge in [0.1, 0.15) is 5.70 Å². The third-order valence-corrected chi connectivity index (χ3v) is 3.90. The molecule has 17 heavy (non-hydrogen) atoms. The Labute approximate surface area is 105 Å².